The van der Waals surface area contributed by atoms with Gasteiger partial charge in [-0.15, -0.1) is 0 Å². The molecule has 1 N–H and O–H groups in total. The van der Waals surface area contributed by atoms with Crippen LogP contribution in [0, 0.1) is 0 Å². The first kappa shape index (κ1) is 14.2. The van der Waals surface area contributed by atoms with Crippen LogP contribution in [0.1, 0.15) is 26.3 Å². The molecule has 0 saturated carbocycles. The summed E-state index contributed by atoms with van der Waals surface area (Å²) in [6, 6.07) is 8.75. The molecule has 0 bridgehead atoms. The third-order valence-corrected chi connectivity index (χ3v) is 2.71. The first-order chi connectivity index (χ1) is 8.36. The smallest absolute Gasteiger partial charge is 0.408 e. The van der Waals surface area contributed by atoms with E-state index in [4.69, 9.17) is 0 Å². The molecule has 0 heterocycles. The van der Waals surface area contributed by atoms with E-state index >= 15 is 0 Å². The van der Waals surface area contributed by atoms with Gasteiger partial charge in [0.25, 0.3) is 0 Å². The van der Waals surface area contributed by atoms with E-state index in [1.807, 2.05) is 30.3 Å². The summed E-state index contributed by atoms with van der Waals surface area (Å²) in [4.78, 5) is 23.7. The molecule has 0 aromatic heterocycles. The average Bonchev–Trinajstić information content (AvgIpc) is 2.27. The molecule has 0 unspecified atom stereocenters. The van der Waals surface area contributed by atoms with Crippen molar-refractivity contribution in [1.29, 1.82) is 0 Å². The molecule has 0 aliphatic carbocycles. The maximum atomic E-state index is 11.3. The van der Waals surface area contributed by atoms with Gasteiger partial charge in [0.05, 0.1) is 6.04 Å². The number of aldehydes is 1. The van der Waals surface area contributed by atoms with Crippen molar-refractivity contribution in [3.05, 3.63) is 35.9 Å². The van der Waals surface area contributed by atoms with Crippen molar-refractivity contribution in [2.75, 3.05) is 0 Å². The summed E-state index contributed by atoms with van der Waals surface area (Å²) < 4.78 is 0. The summed E-state index contributed by atoms with van der Waals surface area (Å²) in [5, 5.41) is 9.26. The third-order valence-electron chi connectivity index (χ3n) is 2.71. The number of carbonyl (C=O) groups is 2. The Bertz CT molecular complexity index is 409. The second kappa shape index (κ2) is 5.67. The van der Waals surface area contributed by atoms with Gasteiger partial charge < -0.3 is 9.90 Å². The van der Waals surface area contributed by atoms with Crippen LogP contribution in [-0.4, -0.2) is 34.0 Å². The van der Waals surface area contributed by atoms with Crippen molar-refractivity contribution in [2.24, 2.45) is 0 Å². The van der Waals surface area contributed by atoms with Gasteiger partial charge in [-0.1, -0.05) is 30.3 Å². The van der Waals surface area contributed by atoms with Crippen LogP contribution >= 0.6 is 0 Å². The van der Waals surface area contributed by atoms with Gasteiger partial charge in [0.2, 0.25) is 0 Å². The number of benzene rings is 1. The first-order valence-corrected chi connectivity index (χ1v) is 5.87. The first-order valence-electron chi connectivity index (χ1n) is 5.87. The molecule has 98 valence electrons. The molecular weight excluding hydrogens is 230 g/mol. The average molecular weight is 249 g/mol. The molecule has 1 aromatic rings. The Morgan fingerprint density at radius 2 is 1.89 bits per heavy atom. The molecule has 4 heteroatoms. The van der Waals surface area contributed by atoms with Crippen LogP contribution in [0.25, 0.3) is 0 Å². The van der Waals surface area contributed by atoms with Gasteiger partial charge in [-0.2, -0.15) is 0 Å². The van der Waals surface area contributed by atoms with Crippen molar-refractivity contribution in [1.82, 2.24) is 4.90 Å². The van der Waals surface area contributed by atoms with E-state index in [-0.39, 0.29) is 0 Å². The van der Waals surface area contributed by atoms with E-state index in [2.05, 4.69) is 0 Å². The Morgan fingerprint density at radius 1 is 1.33 bits per heavy atom. The Balaban J connectivity index is 2.94. The fourth-order valence-corrected chi connectivity index (χ4v) is 1.98. The van der Waals surface area contributed by atoms with Crippen molar-refractivity contribution in [2.45, 2.75) is 38.8 Å². The predicted octanol–water partition coefficient (Wildman–Crippen LogP) is 2.58. The summed E-state index contributed by atoms with van der Waals surface area (Å²) in [5.74, 6) is 0. The van der Waals surface area contributed by atoms with Crippen LogP contribution in [0.3, 0.4) is 0 Å². The second-order valence-corrected chi connectivity index (χ2v) is 5.22. The lowest BCUT2D eigenvalue weighted by Gasteiger charge is -2.37. The van der Waals surface area contributed by atoms with Crippen LogP contribution in [0.4, 0.5) is 4.79 Å². The summed E-state index contributed by atoms with van der Waals surface area (Å²) in [7, 11) is 0. The number of carbonyl (C=O) groups excluding carboxylic acids is 1. The van der Waals surface area contributed by atoms with Crippen molar-refractivity contribution >= 4 is 12.4 Å². The summed E-state index contributed by atoms with van der Waals surface area (Å²) in [6.45, 7) is 5.34. The van der Waals surface area contributed by atoms with Gasteiger partial charge in [0.1, 0.15) is 6.29 Å². The van der Waals surface area contributed by atoms with Crippen LogP contribution in [0.2, 0.25) is 0 Å². The second-order valence-electron chi connectivity index (χ2n) is 5.22. The number of rotatable bonds is 4. The van der Waals surface area contributed by atoms with E-state index in [1.54, 1.807) is 20.8 Å². The Hall–Kier alpha value is -1.84. The molecule has 1 aromatic carbocycles. The van der Waals surface area contributed by atoms with Crippen LogP contribution in [0.15, 0.2) is 30.3 Å². The molecule has 1 atom stereocenters. The van der Waals surface area contributed by atoms with Crippen molar-refractivity contribution < 1.29 is 14.7 Å². The van der Waals surface area contributed by atoms with Gasteiger partial charge in [-0.25, -0.2) is 4.79 Å². The molecular formula is C14H19NO3. The maximum absolute atomic E-state index is 11.3. The number of nitrogens with zero attached hydrogens (tertiary/aromatic N) is 1. The minimum absolute atomic E-state index is 0.397. The van der Waals surface area contributed by atoms with Gasteiger partial charge in [-0.3, -0.25) is 4.90 Å². The quantitative estimate of drug-likeness (QED) is 0.834. The van der Waals surface area contributed by atoms with E-state index < -0.39 is 17.7 Å². The minimum Gasteiger partial charge on any atom is -0.465 e. The van der Waals surface area contributed by atoms with E-state index in [9.17, 15) is 14.7 Å². The molecule has 0 aliphatic rings. The molecule has 1 amide bonds. The summed E-state index contributed by atoms with van der Waals surface area (Å²) in [6.07, 6.45) is 0.0239. The zero-order valence-electron chi connectivity index (χ0n) is 11.0. The Kier molecular flexibility index (Phi) is 4.48. The summed E-state index contributed by atoms with van der Waals surface area (Å²) >= 11 is 0. The van der Waals surface area contributed by atoms with Crippen LogP contribution in [-0.2, 0) is 11.2 Å². The highest BCUT2D eigenvalue weighted by atomic mass is 16.4. The minimum atomic E-state index is -1.07. The molecule has 0 aliphatic heterocycles. The molecule has 18 heavy (non-hydrogen) atoms. The molecule has 0 spiro atoms. The number of amides is 1. The fourth-order valence-electron chi connectivity index (χ4n) is 1.98. The van der Waals surface area contributed by atoms with Crippen molar-refractivity contribution in [3.8, 4) is 0 Å². The summed E-state index contributed by atoms with van der Waals surface area (Å²) in [5.41, 5.74) is 0.344. The van der Waals surface area contributed by atoms with Gasteiger partial charge >= 0.3 is 6.09 Å². The SMILES string of the molecule is CC(C)(C)N(C(=O)O)[C@@H](C=O)Cc1ccccc1. The van der Waals surface area contributed by atoms with E-state index in [0.717, 1.165) is 5.56 Å². The Morgan fingerprint density at radius 3 is 2.28 bits per heavy atom. The molecule has 1 rings (SSSR count). The van der Waals surface area contributed by atoms with Gasteiger partial charge in [0, 0.05) is 5.54 Å². The van der Waals surface area contributed by atoms with Crippen LogP contribution < -0.4 is 0 Å². The zero-order valence-corrected chi connectivity index (χ0v) is 11.0. The monoisotopic (exact) mass is 249 g/mol. The van der Waals surface area contributed by atoms with Gasteiger partial charge in [0.15, 0.2) is 0 Å². The third kappa shape index (κ3) is 3.58. The number of hydrogen-bond acceptors (Lipinski definition) is 2. The van der Waals surface area contributed by atoms with Crippen LogP contribution in [0.5, 0.6) is 0 Å². The lowest BCUT2D eigenvalue weighted by molar-refractivity contribution is -0.113. The maximum Gasteiger partial charge on any atom is 0.408 e. The Labute approximate surface area is 107 Å². The molecule has 0 fully saturated rings. The number of hydrogen-bond donors (Lipinski definition) is 1. The molecule has 0 saturated heterocycles. The lowest BCUT2D eigenvalue weighted by atomic mass is 9.99. The lowest BCUT2D eigenvalue weighted by Crippen LogP contribution is -2.52. The van der Waals surface area contributed by atoms with E-state index in [1.165, 1.54) is 4.90 Å². The fraction of sp³-hybridized carbons (Fsp3) is 0.429. The predicted molar refractivity (Wildman–Crippen MR) is 69.6 cm³/mol. The molecule has 0 radical (unpaired) electrons. The molecule has 4 nitrogen and oxygen atoms in total. The highest BCUT2D eigenvalue weighted by Gasteiger charge is 2.32. The van der Waals surface area contributed by atoms with Gasteiger partial charge in [-0.05, 0) is 32.8 Å². The topological polar surface area (TPSA) is 57.6 Å². The zero-order chi connectivity index (χ0) is 13.8. The largest absolute Gasteiger partial charge is 0.465 e. The highest BCUT2D eigenvalue weighted by Crippen LogP contribution is 2.19. The standard InChI is InChI=1S/C14H19NO3/c1-14(2,3)15(13(17)18)12(10-16)9-11-7-5-4-6-8-11/h4-8,10,12H,9H2,1-3H3,(H,17,18)/t12-/m1/s1. The normalized spacial score (nSPS) is 12.8. The highest BCUT2D eigenvalue weighted by molar-refractivity contribution is 5.73. The number of carboxylic acid groups (broad SMARTS) is 1. The van der Waals surface area contributed by atoms with E-state index in [0.29, 0.717) is 12.7 Å². The van der Waals surface area contributed by atoms with Crippen molar-refractivity contribution in [3.63, 3.8) is 0 Å².